The van der Waals surface area contributed by atoms with Gasteiger partial charge < -0.3 is 39.9 Å². The molecule has 2 aliphatic rings. The molecule has 0 aromatic carbocycles. The molecule has 18 nitrogen and oxygen atoms in total. The molecule has 7 N–H and O–H groups in total. The fourth-order valence-electron chi connectivity index (χ4n) is 4.29. The molecule has 1 amide bonds. The van der Waals surface area contributed by atoms with Crippen LogP contribution in [0.3, 0.4) is 0 Å². The number of nitrogens with zero attached hydrogens (tertiary/aromatic N) is 4. The van der Waals surface area contributed by atoms with E-state index in [9.17, 15) is 28.7 Å². The number of ether oxygens (including phenoxy) is 2. The third-order valence-electron chi connectivity index (χ3n) is 5.88. The van der Waals surface area contributed by atoms with Crippen molar-refractivity contribution in [2.24, 2.45) is 7.05 Å². The highest BCUT2D eigenvalue weighted by Crippen LogP contribution is 2.59. The molecule has 200 valence electrons. The second-order valence-electron chi connectivity index (χ2n) is 8.56. The van der Waals surface area contributed by atoms with Crippen molar-refractivity contribution >= 4 is 38.7 Å². The summed E-state index contributed by atoms with van der Waals surface area (Å²) in [5, 5.41) is 11.1. The first kappa shape index (κ1) is 26.8. The van der Waals surface area contributed by atoms with Crippen LogP contribution in [0.15, 0.2) is 11.1 Å². The molecule has 2 bridgehead atoms. The maximum Gasteiger partial charge on any atom is 0.481 e. The fourth-order valence-corrected chi connectivity index (χ4v) is 5.92. The van der Waals surface area contributed by atoms with Gasteiger partial charge in [-0.25, -0.2) is 13.7 Å². The van der Waals surface area contributed by atoms with Crippen molar-refractivity contribution in [2.75, 3.05) is 26.4 Å². The molecular formula is C16H25N6O12P2+. The van der Waals surface area contributed by atoms with E-state index < -0.39 is 63.9 Å². The zero-order valence-corrected chi connectivity index (χ0v) is 20.9. The number of rotatable bonds is 8. The maximum absolute atomic E-state index is 12.4. The van der Waals surface area contributed by atoms with Gasteiger partial charge in [0.25, 0.3) is 11.5 Å². The minimum Gasteiger partial charge on any atom is -0.387 e. The number of aryl methyl sites for hydroxylation is 1. The van der Waals surface area contributed by atoms with Crippen LogP contribution in [-0.2, 0) is 39.3 Å². The number of imidazole rings is 1. The SMILES string of the molecule is CN(C)C(=O)C[C@@H]1OC2[C@H]([n+]3cn(C)c4c(=O)[nH]c(N)nc43)O[C@]1(COP(=O)(O)OP(=O)(O)O)[C@@H]2O. The van der Waals surface area contributed by atoms with E-state index in [2.05, 4.69) is 14.3 Å². The lowest BCUT2D eigenvalue weighted by atomic mass is 9.91. The topological polar surface area (TPSA) is 253 Å². The van der Waals surface area contributed by atoms with Crippen LogP contribution in [0.1, 0.15) is 12.6 Å². The Morgan fingerprint density at radius 1 is 1.39 bits per heavy atom. The number of nitrogens with two attached hydrogens (primary N) is 1. The Balaban J connectivity index is 1.72. The normalized spacial score (nSPS) is 29.5. The molecule has 20 heteroatoms. The first-order valence-electron chi connectivity index (χ1n) is 10.3. The van der Waals surface area contributed by atoms with Crippen molar-refractivity contribution in [3.05, 3.63) is 16.7 Å². The van der Waals surface area contributed by atoms with Gasteiger partial charge in [-0.15, -0.1) is 0 Å². The van der Waals surface area contributed by atoms with E-state index in [1.54, 1.807) is 7.05 Å². The molecule has 2 unspecified atom stereocenters. The van der Waals surface area contributed by atoms with Crippen LogP contribution in [0.2, 0.25) is 0 Å². The molecule has 4 rings (SSSR count). The third-order valence-corrected chi connectivity index (χ3v) is 8.02. The molecule has 4 heterocycles. The van der Waals surface area contributed by atoms with Crippen LogP contribution in [0.5, 0.6) is 0 Å². The van der Waals surface area contributed by atoms with Crippen molar-refractivity contribution in [1.82, 2.24) is 19.4 Å². The lowest BCUT2D eigenvalue weighted by Crippen LogP contribution is -2.55. The number of amides is 1. The summed E-state index contributed by atoms with van der Waals surface area (Å²) in [5.41, 5.74) is 3.35. The number of aliphatic hydroxyl groups excluding tert-OH is 1. The van der Waals surface area contributed by atoms with Crippen LogP contribution in [0.25, 0.3) is 11.2 Å². The van der Waals surface area contributed by atoms with Gasteiger partial charge in [0, 0.05) is 14.1 Å². The molecule has 2 aliphatic heterocycles. The molecule has 0 saturated carbocycles. The fraction of sp³-hybridized carbons (Fsp3) is 0.625. The van der Waals surface area contributed by atoms with E-state index >= 15 is 0 Å². The van der Waals surface area contributed by atoms with Gasteiger partial charge in [0.1, 0.15) is 18.3 Å². The number of aromatic nitrogens is 4. The minimum absolute atomic E-state index is 0.0711. The Morgan fingerprint density at radius 2 is 2.06 bits per heavy atom. The predicted octanol–water partition coefficient (Wildman–Crippen LogP) is -2.77. The average Bonchev–Trinajstić information content (AvgIpc) is 3.29. The first-order chi connectivity index (χ1) is 16.5. The van der Waals surface area contributed by atoms with E-state index in [1.165, 1.54) is 34.5 Å². The van der Waals surface area contributed by atoms with Crippen molar-refractivity contribution < 1.29 is 56.6 Å². The lowest BCUT2D eigenvalue weighted by molar-refractivity contribution is -0.753. The van der Waals surface area contributed by atoms with Crippen molar-refractivity contribution in [3.8, 4) is 0 Å². The second kappa shape index (κ2) is 8.95. The summed E-state index contributed by atoms with van der Waals surface area (Å²) >= 11 is 0. The van der Waals surface area contributed by atoms with E-state index in [1.807, 2.05) is 0 Å². The number of anilines is 1. The summed E-state index contributed by atoms with van der Waals surface area (Å²) in [7, 11) is -6.25. The number of phosphoric ester groups is 1. The monoisotopic (exact) mass is 555 g/mol. The Morgan fingerprint density at radius 3 is 2.67 bits per heavy atom. The Kier molecular flexibility index (Phi) is 6.67. The number of hydrogen-bond acceptors (Lipinski definition) is 11. The van der Waals surface area contributed by atoms with Gasteiger partial charge >= 0.3 is 21.3 Å². The summed E-state index contributed by atoms with van der Waals surface area (Å²) in [6, 6.07) is 0. The summed E-state index contributed by atoms with van der Waals surface area (Å²) in [6.45, 7) is -0.957. The lowest BCUT2D eigenvalue weighted by Gasteiger charge is -2.36. The zero-order chi connectivity index (χ0) is 26.8. The van der Waals surface area contributed by atoms with E-state index in [0.29, 0.717) is 0 Å². The molecule has 0 radical (unpaired) electrons. The molecule has 0 aliphatic carbocycles. The van der Waals surface area contributed by atoms with Gasteiger partial charge in [0.05, 0.1) is 20.1 Å². The molecule has 2 fully saturated rings. The number of aromatic amines is 1. The quantitative estimate of drug-likeness (QED) is 0.142. The van der Waals surface area contributed by atoms with Crippen molar-refractivity contribution in [1.29, 1.82) is 0 Å². The van der Waals surface area contributed by atoms with Crippen molar-refractivity contribution in [2.45, 2.75) is 36.6 Å². The Hall–Kier alpha value is -2.24. The molecule has 36 heavy (non-hydrogen) atoms. The molecule has 0 spiro atoms. The number of nitrogens with one attached hydrogen (secondary N) is 1. The number of H-pyrrole nitrogens is 1. The number of carbonyl (C=O) groups is 1. The number of carbonyl (C=O) groups excluding carboxylic acids is 1. The van der Waals surface area contributed by atoms with Crippen LogP contribution in [0, 0.1) is 0 Å². The van der Waals surface area contributed by atoms with Crippen LogP contribution in [0.4, 0.5) is 5.95 Å². The third kappa shape index (κ3) is 4.72. The minimum atomic E-state index is -5.42. The highest BCUT2D eigenvalue weighted by atomic mass is 31.3. The highest BCUT2D eigenvalue weighted by molar-refractivity contribution is 7.60. The van der Waals surface area contributed by atoms with E-state index in [0.717, 1.165) is 0 Å². The summed E-state index contributed by atoms with van der Waals surface area (Å²) < 4.78 is 46.5. The zero-order valence-electron chi connectivity index (χ0n) is 19.1. The highest BCUT2D eigenvalue weighted by Gasteiger charge is 2.69. The molecule has 2 aromatic rings. The largest absolute Gasteiger partial charge is 0.481 e. The second-order valence-corrected chi connectivity index (χ2v) is 11.4. The van der Waals surface area contributed by atoms with Crippen molar-refractivity contribution in [3.63, 3.8) is 0 Å². The van der Waals surface area contributed by atoms with Gasteiger partial charge in [-0.05, 0) is 0 Å². The average molecular weight is 555 g/mol. The summed E-state index contributed by atoms with van der Waals surface area (Å²) in [6.07, 6.45) is -4.01. The van der Waals surface area contributed by atoms with Gasteiger partial charge in [0.15, 0.2) is 11.9 Å². The maximum atomic E-state index is 12.4. The standard InChI is InChI=1S/C16H24N6O12P2/c1-20(2)8(23)4-7-16(5-31-36(29,30)34-35(26,27)28)11(24)10(32-7)14(33-16)22-6-21(3)9-12(22)18-15(17)19-13(9)25/h6-7,10-11,14,24H,4-5H2,1-3H3,(H5-,17,18,19,25,26,27,28,29,30)/p+1/t7-,10?,11+,14+,16-/m0/s1. The van der Waals surface area contributed by atoms with Crippen LogP contribution < -0.4 is 15.9 Å². The predicted molar refractivity (Wildman–Crippen MR) is 116 cm³/mol. The van der Waals surface area contributed by atoms with Crippen LogP contribution >= 0.6 is 15.6 Å². The van der Waals surface area contributed by atoms with Gasteiger partial charge in [-0.1, -0.05) is 4.98 Å². The van der Waals surface area contributed by atoms with Gasteiger partial charge in [-0.2, -0.15) is 4.31 Å². The number of fused-ring (bicyclic) bond motifs is 3. The molecular weight excluding hydrogens is 530 g/mol. The molecule has 2 saturated heterocycles. The van der Waals surface area contributed by atoms with Crippen LogP contribution in [-0.4, -0.2) is 89.7 Å². The van der Waals surface area contributed by atoms with Gasteiger partial charge in [0.2, 0.25) is 17.7 Å². The number of phosphoric acid groups is 2. The number of aliphatic hydroxyl groups is 1. The van der Waals surface area contributed by atoms with Gasteiger partial charge in [-0.3, -0.25) is 23.7 Å². The number of nitrogen functional groups attached to an aromatic ring is 1. The first-order valence-corrected chi connectivity index (χ1v) is 13.3. The Labute approximate surface area is 202 Å². The summed E-state index contributed by atoms with van der Waals surface area (Å²) in [5.74, 6) is -0.628. The van der Waals surface area contributed by atoms with E-state index in [4.69, 9.17) is 29.5 Å². The smallest absolute Gasteiger partial charge is 0.387 e. The molecule has 6 atom stereocenters. The summed E-state index contributed by atoms with van der Waals surface area (Å²) in [4.78, 5) is 60.0. The molecule has 2 aromatic heterocycles. The number of hydrogen-bond donors (Lipinski definition) is 6. The Bertz CT molecular complexity index is 1360. The van der Waals surface area contributed by atoms with E-state index in [-0.39, 0.29) is 23.5 Å².